The fourth-order valence-electron chi connectivity index (χ4n) is 4.80. The highest BCUT2D eigenvalue weighted by Crippen LogP contribution is 2.52. The molecule has 1 aromatic carbocycles. The van der Waals surface area contributed by atoms with Gasteiger partial charge >= 0.3 is 5.91 Å². The molecule has 2 fully saturated rings. The van der Waals surface area contributed by atoms with Crippen molar-refractivity contribution in [2.75, 3.05) is 13.1 Å². The predicted molar refractivity (Wildman–Crippen MR) is 110 cm³/mol. The number of benzene rings is 1. The Hall–Kier alpha value is -4.01. The standard InChI is InChI=1S/C24H19FN2O6/c25-16-7-5-15(6-8-16)19-22(30)27(21(29)18-4-2-14-33-18)23(31)24(19)9-11-26(12-10-24)20(28)17-3-1-13-32-17/h1-8,13-14,19H,9-12H2. The molecule has 0 saturated carbocycles. The lowest BCUT2D eigenvalue weighted by Gasteiger charge is -2.40. The molecule has 4 heterocycles. The second-order valence-corrected chi connectivity index (χ2v) is 8.17. The Labute approximate surface area is 187 Å². The van der Waals surface area contributed by atoms with Gasteiger partial charge in [0.1, 0.15) is 5.82 Å². The molecule has 4 amide bonds. The molecule has 2 saturated heterocycles. The van der Waals surface area contributed by atoms with Crippen LogP contribution in [0.15, 0.2) is 69.9 Å². The average Bonchev–Trinajstić information content (AvgIpc) is 3.57. The fraction of sp³-hybridized carbons (Fsp3) is 0.250. The Morgan fingerprint density at radius 1 is 0.879 bits per heavy atom. The summed E-state index contributed by atoms with van der Waals surface area (Å²) in [6, 6.07) is 11.4. The molecule has 33 heavy (non-hydrogen) atoms. The van der Waals surface area contributed by atoms with Crippen molar-refractivity contribution in [3.05, 3.63) is 84.0 Å². The smallest absolute Gasteiger partial charge is 0.303 e. The van der Waals surface area contributed by atoms with Gasteiger partial charge in [0.15, 0.2) is 11.5 Å². The summed E-state index contributed by atoms with van der Waals surface area (Å²) in [7, 11) is 0. The summed E-state index contributed by atoms with van der Waals surface area (Å²) in [6.45, 7) is 0.387. The molecule has 168 valence electrons. The second kappa shape index (κ2) is 7.84. The molecule has 0 radical (unpaired) electrons. The maximum Gasteiger partial charge on any atom is 0.303 e. The minimum Gasteiger partial charge on any atom is -0.459 e. The second-order valence-electron chi connectivity index (χ2n) is 8.17. The van der Waals surface area contributed by atoms with E-state index in [-0.39, 0.29) is 43.4 Å². The lowest BCUT2D eigenvalue weighted by atomic mass is 9.67. The number of carbonyl (C=O) groups is 4. The first-order valence-corrected chi connectivity index (χ1v) is 10.5. The van der Waals surface area contributed by atoms with Crippen molar-refractivity contribution in [1.29, 1.82) is 0 Å². The molecule has 1 unspecified atom stereocenters. The topological polar surface area (TPSA) is 101 Å². The number of amides is 4. The van der Waals surface area contributed by atoms with Crippen molar-refractivity contribution in [2.24, 2.45) is 5.41 Å². The summed E-state index contributed by atoms with van der Waals surface area (Å²) < 4.78 is 23.9. The molecule has 1 atom stereocenters. The van der Waals surface area contributed by atoms with E-state index in [2.05, 4.69) is 0 Å². The molecule has 0 bridgehead atoms. The molecule has 2 aromatic heterocycles. The maximum atomic E-state index is 13.6. The van der Waals surface area contributed by atoms with E-state index >= 15 is 0 Å². The zero-order valence-corrected chi connectivity index (χ0v) is 17.4. The number of piperidine rings is 1. The number of nitrogens with zero attached hydrogens (tertiary/aromatic N) is 2. The van der Waals surface area contributed by atoms with E-state index < -0.39 is 34.9 Å². The van der Waals surface area contributed by atoms with Crippen molar-refractivity contribution in [3.63, 3.8) is 0 Å². The quantitative estimate of drug-likeness (QED) is 0.568. The zero-order valence-electron chi connectivity index (χ0n) is 17.4. The van der Waals surface area contributed by atoms with Gasteiger partial charge in [-0.25, -0.2) is 9.29 Å². The summed E-state index contributed by atoms with van der Waals surface area (Å²) in [6.07, 6.45) is 3.01. The third-order valence-corrected chi connectivity index (χ3v) is 6.46. The van der Waals surface area contributed by atoms with Crippen molar-refractivity contribution >= 4 is 23.6 Å². The van der Waals surface area contributed by atoms with Gasteiger partial charge in [-0.3, -0.25) is 19.2 Å². The molecule has 8 nitrogen and oxygen atoms in total. The molecule has 5 rings (SSSR count). The molecular formula is C24H19FN2O6. The number of likely N-dealkylation sites (tertiary alicyclic amines) is 2. The molecule has 0 N–H and O–H groups in total. The van der Waals surface area contributed by atoms with E-state index in [0.29, 0.717) is 10.5 Å². The number of carbonyl (C=O) groups excluding carboxylic acids is 4. The summed E-state index contributed by atoms with van der Waals surface area (Å²) in [4.78, 5) is 54.9. The molecule has 0 aliphatic carbocycles. The van der Waals surface area contributed by atoms with Crippen LogP contribution in [0.3, 0.4) is 0 Å². The van der Waals surface area contributed by atoms with Crippen LogP contribution in [0.2, 0.25) is 0 Å². The Morgan fingerprint density at radius 3 is 2.00 bits per heavy atom. The van der Waals surface area contributed by atoms with Crippen LogP contribution < -0.4 is 0 Å². The SMILES string of the molecule is O=C(c1ccco1)N1CCC2(CC1)C(=O)N(C(=O)c1ccco1)C(=O)C2c1ccc(F)cc1. The van der Waals surface area contributed by atoms with Crippen molar-refractivity contribution in [2.45, 2.75) is 18.8 Å². The summed E-state index contributed by atoms with van der Waals surface area (Å²) in [5.41, 5.74) is -0.799. The maximum absolute atomic E-state index is 13.6. The minimum absolute atomic E-state index is 0.128. The van der Waals surface area contributed by atoms with E-state index in [9.17, 15) is 23.6 Å². The van der Waals surface area contributed by atoms with Crippen LogP contribution in [0.1, 0.15) is 45.4 Å². The Kier molecular flexibility index (Phi) is 4.96. The van der Waals surface area contributed by atoms with Crippen LogP contribution >= 0.6 is 0 Å². The summed E-state index contributed by atoms with van der Waals surface area (Å²) in [5, 5.41) is 0. The molecule has 2 aliphatic rings. The molecular weight excluding hydrogens is 431 g/mol. The van der Waals surface area contributed by atoms with Gasteiger partial charge in [0.25, 0.3) is 5.91 Å². The first-order chi connectivity index (χ1) is 15.9. The highest BCUT2D eigenvalue weighted by Gasteiger charge is 2.62. The van der Waals surface area contributed by atoms with Crippen LogP contribution in [0.4, 0.5) is 4.39 Å². The van der Waals surface area contributed by atoms with Gasteiger partial charge in [0, 0.05) is 13.1 Å². The lowest BCUT2D eigenvalue weighted by molar-refractivity contribution is -0.139. The monoisotopic (exact) mass is 450 g/mol. The van der Waals surface area contributed by atoms with E-state index in [1.165, 1.54) is 48.9 Å². The van der Waals surface area contributed by atoms with Gasteiger partial charge in [-0.15, -0.1) is 0 Å². The van der Waals surface area contributed by atoms with Gasteiger partial charge in [-0.1, -0.05) is 12.1 Å². The fourth-order valence-corrected chi connectivity index (χ4v) is 4.80. The normalized spacial score (nSPS) is 20.0. The minimum atomic E-state index is -1.24. The van der Waals surface area contributed by atoms with Crippen LogP contribution in [0, 0.1) is 11.2 Å². The van der Waals surface area contributed by atoms with Gasteiger partial charge in [0.05, 0.1) is 23.9 Å². The molecule has 2 aliphatic heterocycles. The van der Waals surface area contributed by atoms with Gasteiger partial charge in [-0.05, 0) is 54.8 Å². The van der Waals surface area contributed by atoms with Crippen molar-refractivity contribution < 1.29 is 32.4 Å². The van der Waals surface area contributed by atoms with E-state index in [4.69, 9.17) is 8.83 Å². The largest absolute Gasteiger partial charge is 0.459 e. The van der Waals surface area contributed by atoms with Gasteiger partial charge < -0.3 is 13.7 Å². The van der Waals surface area contributed by atoms with Crippen LogP contribution in [0.25, 0.3) is 0 Å². The van der Waals surface area contributed by atoms with E-state index in [1.54, 1.807) is 17.0 Å². The number of rotatable bonds is 3. The number of hydrogen-bond donors (Lipinski definition) is 0. The van der Waals surface area contributed by atoms with Crippen molar-refractivity contribution in [1.82, 2.24) is 9.80 Å². The number of hydrogen-bond acceptors (Lipinski definition) is 6. The Balaban J connectivity index is 1.50. The molecule has 3 aromatic rings. The first-order valence-electron chi connectivity index (χ1n) is 10.5. The van der Waals surface area contributed by atoms with E-state index in [0.717, 1.165) is 0 Å². The van der Waals surface area contributed by atoms with Crippen LogP contribution in [0.5, 0.6) is 0 Å². The molecule has 1 spiro atoms. The van der Waals surface area contributed by atoms with Crippen LogP contribution in [-0.4, -0.2) is 46.5 Å². The highest BCUT2D eigenvalue weighted by molar-refractivity contribution is 6.23. The average molecular weight is 450 g/mol. The summed E-state index contributed by atoms with van der Waals surface area (Å²) >= 11 is 0. The third kappa shape index (κ3) is 3.27. The van der Waals surface area contributed by atoms with Gasteiger partial charge in [0.2, 0.25) is 11.8 Å². The Morgan fingerprint density at radius 2 is 1.45 bits per heavy atom. The number of furan rings is 2. The number of imide groups is 3. The molecule has 9 heteroatoms. The highest BCUT2D eigenvalue weighted by atomic mass is 19.1. The summed E-state index contributed by atoms with van der Waals surface area (Å²) in [5.74, 6) is -3.87. The Bertz CT molecular complexity index is 1210. The zero-order chi connectivity index (χ0) is 23.2. The van der Waals surface area contributed by atoms with Gasteiger partial charge in [-0.2, -0.15) is 0 Å². The predicted octanol–water partition coefficient (Wildman–Crippen LogP) is 3.23. The number of halogens is 1. The third-order valence-electron chi connectivity index (χ3n) is 6.46. The van der Waals surface area contributed by atoms with Crippen LogP contribution in [-0.2, 0) is 9.59 Å². The lowest BCUT2D eigenvalue weighted by Crippen LogP contribution is -2.48. The van der Waals surface area contributed by atoms with Crippen molar-refractivity contribution in [3.8, 4) is 0 Å². The first kappa shape index (κ1) is 20.9. The van der Waals surface area contributed by atoms with E-state index in [1.807, 2.05) is 0 Å².